The number of pyridine rings is 2. The van der Waals surface area contributed by atoms with Crippen molar-refractivity contribution in [2.45, 2.75) is 5.60 Å². The summed E-state index contributed by atoms with van der Waals surface area (Å²) in [7, 11) is 1.58. The molecule has 2 aromatic heterocycles. The maximum Gasteiger partial charge on any atom is 0.142 e. The second-order valence-electron chi connectivity index (χ2n) is 8.00. The van der Waals surface area contributed by atoms with Crippen molar-refractivity contribution in [3.8, 4) is 16.9 Å². The summed E-state index contributed by atoms with van der Waals surface area (Å²) in [6.07, 6.45) is 1.56. The number of hydrogen-bond donors (Lipinski definition) is 1. The lowest BCUT2D eigenvalue weighted by atomic mass is 9.80. The first-order valence-corrected chi connectivity index (χ1v) is 11.9. The van der Waals surface area contributed by atoms with Gasteiger partial charge in [-0.25, -0.2) is 9.97 Å². The Morgan fingerprint density at radius 2 is 1.54 bits per heavy atom. The van der Waals surface area contributed by atoms with Crippen LogP contribution >= 0.6 is 34.8 Å². The Morgan fingerprint density at radius 3 is 2.26 bits per heavy atom. The van der Waals surface area contributed by atoms with E-state index in [2.05, 4.69) is 9.97 Å². The van der Waals surface area contributed by atoms with Crippen molar-refractivity contribution in [1.29, 1.82) is 0 Å². The summed E-state index contributed by atoms with van der Waals surface area (Å²) in [5, 5.41) is 14.1. The van der Waals surface area contributed by atoms with Crippen LogP contribution in [-0.2, 0) is 5.60 Å². The Morgan fingerprint density at radius 1 is 0.800 bits per heavy atom. The van der Waals surface area contributed by atoms with Crippen molar-refractivity contribution < 1.29 is 9.84 Å². The normalized spacial score (nSPS) is 12.9. The highest BCUT2D eigenvalue weighted by Crippen LogP contribution is 2.42. The molecular weight excluding hydrogens is 503 g/mol. The highest BCUT2D eigenvalue weighted by molar-refractivity contribution is 6.42. The minimum absolute atomic E-state index is 0.311. The third kappa shape index (κ3) is 4.24. The second-order valence-corrected chi connectivity index (χ2v) is 9.12. The lowest BCUT2D eigenvalue weighted by Crippen LogP contribution is -2.29. The van der Waals surface area contributed by atoms with E-state index in [9.17, 15) is 5.11 Å². The first-order valence-electron chi connectivity index (χ1n) is 10.8. The van der Waals surface area contributed by atoms with Crippen molar-refractivity contribution in [1.82, 2.24) is 9.97 Å². The Balaban J connectivity index is 1.78. The van der Waals surface area contributed by atoms with Gasteiger partial charge in [0.15, 0.2) is 0 Å². The number of nitrogens with zero attached hydrogens (tertiary/aromatic N) is 2. The SMILES string of the molecule is COc1cccc(C(O)(c2ccc(Cl)nc2)c2ccc3nc(Cl)c(-c4ccccc4)c(Cl)c3c2)c1. The summed E-state index contributed by atoms with van der Waals surface area (Å²) in [6, 6.07) is 25.7. The van der Waals surface area contributed by atoms with Gasteiger partial charge in [-0.05, 0) is 47.0 Å². The maximum absolute atomic E-state index is 12.3. The molecule has 7 heteroatoms. The topological polar surface area (TPSA) is 55.2 Å². The molecule has 0 aliphatic heterocycles. The lowest BCUT2D eigenvalue weighted by molar-refractivity contribution is 0.125. The van der Waals surface area contributed by atoms with E-state index in [0.29, 0.717) is 54.2 Å². The Kier molecular flexibility index (Phi) is 6.39. The van der Waals surface area contributed by atoms with E-state index in [1.165, 1.54) is 0 Å². The number of aromatic nitrogens is 2. The van der Waals surface area contributed by atoms with Crippen molar-refractivity contribution in [2.75, 3.05) is 7.11 Å². The molecule has 0 amide bonds. The minimum Gasteiger partial charge on any atom is -0.497 e. The van der Waals surface area contributed by atoms with Crippen LogP contribution in [0.25, 0.3) is 22.0 Å². The van der Waals surface area contributed by atoms with Crippen LogP contribution in [0.4, 0.5) is 0 Å². The van der Waals surface area contributed by atoms with Gasteiger partial charge in [-0.2, -0.15) is 0 Å². The summed E-state index contributed by atoms with van der Waals surface area (Å²) >= 11 is 19.5. The largest absolute Gasteiger partial charge is 0.497 e. The van der Waals surface area contributed by atoms with Crippen LogP contribution in [0.15, 0.2) is 91.1 Å². The summed E-state index contributed by atoms with van der Waals surface area (Å²) in [4.78, 5) is 8.77. The molecule has 0 saturated heterocycles. The van der Waals surface area contributed by atoms with E-state index >= 15 is 0 Å². The summed E-state index contributed by atoms with van der Waals surface area (Å²) in [5.41, 5.74) is 2.25. The van der Waals surface area contributed by atoms with Gasteiger partial charge >= 0.3 is 0 Å². The number of rotatable bonds is 5. The summed E-state index contributed by atoms with van der Waals surface area (Å²) < 4.78 is 5.41. The van der Waals surface area contributed by atoms with Crippen LogP contribution in [0, 0.1) is 0 Å². The molecule has 4 nitrogen and oxygen atoms in total. The zero-order chi connectivity index (χ0) is 24.6. The molecule has 0 radical (unpaired) electrons. The molecule has 1 unspecified atom stereocenters. The summed E-state index contributed by atoms with van der Waals surface area (Å²) in [6.45, 7) is 0. The number of methoxy groups -OCH3 is 1. The molecular formula is C28H19Cl3N2O2. The van der Waals surface area contributed by atoms with Crippen LogP contribution in [0.3, 0.4) is 0 Å². The van der Waals surface area contributed by atoms with Gasteiger partial charge < -0.3 is 9.84 Å². The number of hydrogen-bond acceptors (Lipinski definition) is 4. The van der Waals surface area contributed by atoms with Gasteiger partial charge in [-0.15, -0.1) is 0 Å². The van der Waals surface area contributed by atoms with Gasteiger partial charge in [0.25, 0.3) is 0 Å². The monoisotopic (exact) mass is 520 g/mol. The smallest absolute Gasteiger partial charge is 0.142 e. The second kappa shape index (κ2) is 9.48. The predicted molar refractivity (Wildman–Crippen MR) is 142 cm³/mol. The van der Waals surface area contributed by atoms with E-state index in [4.69, 9.17) is 39.5 Å². The van der Waals surface area contributed by atoms with E-state index in [1.54, 1.807) is 43.6 Å². The molecule has 2 heterocycles. The van der Waals surface area contributed by atoms with E-state index in [1.807, 2.05) is 54.6 Å². The molecule has 3 aromatic carbocycles. The number of aliphatic hydroxyl groups is 1. The highest BCUT2D eigenvalue weighted by atomic mass is 35.5. The average molecular weight is 522 g/mol. The first-order chi connectivity index (χ1) is 16.9. The van der Waals surface area contributed by atoms with Gasteiger partial charge in [-0.1, -0.05) is 89.4 Å². The molecule has 1 atom stereocenters. The van der Waals surface area contributed by atoms with Gasteiger partial charge in [0.05, 0.1) is 17.6 Å². The molecule has 0 aliphatic carbocycles. The van der Waals surface area contributed by atoms with Gasteiger partial charge in [0.1, 0.15) is 21.7 Å². The van der Waals surface area contributed by atoms with Crippen LogP contribution in [0.2, 0.25) is 15.3 Å². The Bertz CT molecular complexity index is 1530. The zero-order valence-electron chi connectivity index (χ0n) is 18.5. The molecule has 35 heavy (non-hydrogen) atoms. The zero-order valence-corrected chi connectivity index (χ0v) is 20.8. The molecule has 0 saturated carbocycles. The first kappa shape index (κ1) is 23.6. The fourth-order valence-electron chi connectivity index (χ4n) is 4.21. The highest BCUT2D eigenvalue weighted by Gasteiger charge is 2.35. The molecule has 0 fully saturated rings. The molecule has 5 rings (SSSR count). The molecule has 0 spiro atoms. The third-order valence-electron chi connectivity index (χ3n) is 5.99. The van der Waals surface area contributed by atoms with Crippen molar-refractivity contribution >= 4 is 45.7 Å². The van der Waals surface area contributed by atoms with Crippen molar-refractivity contribution in [2.24, 2.45) is 0 Å². The number of ether oxygens (including phenoxy) is 1. The molecule has 0 aliphatic rings. The number of fused-ring (bicyclic) bond motifs is 1. The third-order valence-corrected chi connectivity index (χ3v) is 6.88. The average Bonchev–Trinajstić information content (AvgIpc) is 2.89. The fraction of sp³-hybridized carbons (Fsp3) is 0.0714. The number of benzene rings is 3. The van der Waals surface area contributed by atoms with Crippen molar-refractivity contribution in [3.05, 3.63) is 123 Å². The van der Waals surface area contributed by atoms with Crippen molar-refractivity contribution in [3.63, 3.8) is 0 Å². The van der Waals surface area contributed by atoms with E-state index in [-0.39, 0.29) is 0 Å². The van der Waals surface area contributed by atoms with Gasteiger partial charge in [0.2, 0.25) is 0 Å². The summed E-state index contributed by atoms with van der Waals surface area (Å²) in [5.74, 6) is 0.612. The van der Waals surface area contributed by atoms with E-state index < -0.39 is 5.60 Å². The van der Waals surface area contributed by atoms with Crippen LogP contribution in [-0.4, -0.2) is 22.2 Å². The van der Waals surface area contributed by atoms with Gasteiger partial charge in [0, 0.05) is 22.7 Å². The van der Waals surface area contributed by atoms with Crippen LogP contribution in [0.5, 0.6) is 5.75 Å². The Hall–Kier alpha value is -3.15. The standard InChI is InChI=1S/C28H19Cl3N2O2/c1-35-21-9-5-8-18(14-21)28(34,20-11-13-24(29)32-16-20)19-10-12-23-22(15-19)26(30)25(27(31)33-23)17-6-3-2-4-7-17/h2-16,34H,1H3. The van der Waals surface area contributed by atoms with Gasteiger partial charge in [-0.3, -0.25) is 0 Å². The Labute approximate surface area is 217 Å². The number of halogens is 3. The predicted octanol–water partition coefficient (Wildman–Crippen LogP) is 7.55. The molecule has 0 bridgehead atoms. The maximum atomic E-state index is 12.3. The quantitative estimate of drug-likeness (QED) is 0.243. The lowest BCUT2D eigenvalue weighted by Gasteiger charge is -2.30. The fourth-order valence-corrected chi connectivity index (χ4v) is 5.01. The minimum atomic E-state index is -1.57. The van der Waals surface area contributed by atoms with E-state index in [0.717, 1.165) is 5.56 Å². The van der Waals surface area contributed by atoms with Crippen LogP contribution < -0.4 is 4.74 Å². The molecule has 174 valence electrons. The van der Waals surface area contributed by atoms with Crippen LogP contribution in [0.1, 0.15) is 16.7 Å². The molecule has 5 aromatic rings. The molecule has 1 N–H and O–H groups in total.